The van der Waals surface area contributed by atoms with E-state index >= 15 is 0 Å². The molecule has 0 radical (unpaired) electrons. The van der Waals surface area contributed by atoms with Gasteiger partial charge in [0.1, 0.15) is 0 Å². The third-order valence-corrected chi connectivity index (χ3v) is 2.78. The molecule has 0 saturated carbocycles. The summed E-state index contributed by atoms with van der Waals surface area (Å²) in [7, 11) is 4.64. The predicted molar refractivity (Wildman–Crippen MR) is 92.7 cm³/mol. The van der Waals surface area contributed by atoms with E-state index in [0.717, 1.165) is 38.5 Å². The van der Waals surface area contributed by atoms with Crippen LogP contribution in [0.25, 0.3) is 0 Å². The molecule has 0 aliphatic rings. The molecule has 140 valence electrons. The molecule has 0 rings (SSSR count). The molecule has 0 amide bonds. The van der Waals surface area contributed by atoms with Crippen molar-refractivity contribution in [3.05, 3.63) is 0 Å². The van der Waals surface area contributed by atoms with Gasteiger partial charge in [-0.2, -0.15) is 0 Å². The Morgan fingerprint density at radius 3 is 0.783 bits per heavy atom. The second-order valence-corrected chi connectivity index (χ2v) is 6.72. The fourth-order valence-electron chi connectivity index (χ4n) is 1.47. The molecule has 0 fully saturated rings. The van der Waals surface area contributed by atoms with E-state index in [0.29, 0.717) is 17.8 Å². The fraction of sp³-hybridized carbons (Fsp3) is 1.00. The second kappa shape index (κ2) is 30.7. The van der Waals surface area contributed by atoms with E-state index in [9.17, 15) is 15.3 Å². The van der Waals surface area contributed by atoms with E-state index in [1.165, 1.54) is 19.4 Å². The molecule has 0 unspecified atom stereocenters. The van der Waals surface area contributed by atoms with Gasteiger partial charge in [0.15, 0.2) is 0 Å². The molecule has 0 aliphatic heterocycles. The molecule has 0 saturated heterocycles. The zero-order valence-corrected chi connectivity index (χ0v) is 18.5. The molecule has 23 heavy (non-hydrogen) atoms. The normalized spacial score (nSPS) is 9.70. The predicted octanol–water partition coefficient (Wildman–Crippen LogP) is 3.04. The first-order valence-corrected chi connectivity index (χ1v) is 10.9. The van der Waals surface area contributed by atoms with Gasteiger partial charge in [0, 0.05) is 0 Å². The van der Waals surface area contributed by atoms with Crippen LogP contribution in [0.1, 0.15) is 80.1 Å². The van der Waals surface area contributed by atoms with Gasteiger partial charge in [-0.3, -0.25) is 0 Å². The maximum atomic E-state index is 9.83. The summed E-state index contributed by atoms with van der Waals surface area (Å²) in [5, 5.41) is 29.5. The van der Waals surface area contributed by atoms with Crippen molar-refractivity contribution in [1.82, 2.24) is 0 Å². The fourth-order valence-corrected chi connectivity index (χ4v) is 1.47. The van der Waals surface area contributed by atoms with Crippen LogP contribution in [0.5, 0.6) is 0 Å². The van der Waals surface area contributed by atoms with Crippen molar-refractivity contribution in [2.24, 2.45) is 17.8 Å². The summed E-state index contributed by atoms with van der Waals surface area (Å²) < 4.78 is 0. The van der Waals surface area contributed by atoms with Crippen LogP contribution in [0.2, 0.25) is 0 Å². The van der Waals surface area contributed by atoms with Crippen molar-refractivity contribution < 1.29 is 34.7 Å². The first-order valence-electron chi connectivity index (χ1n) is 8.74. The monoisotopic (exact) mass is 386 g/mol. The summed E-state index contributed by atoms with van der Waals surface area (Å²) in [5.74, 6) is 2.11. The Morgan fingerprint density at radius 2 is 0.739 bits per heavy atom. The molecule has 0 atom stereocenters. The van der Waals surface area contributed by atoms with Gasteiger partial charge in [0.25, 0.3) is 0 Å². The van der Waals surface area contributed by atoms with Gasteiger partial charge in [-0.25, -0.2) is 0 Å². The Labute approximate surface area is 161 Å². The van der Waals surface area contributed by atoms with Crippen molar-refractivity contribution in [3.8, 4) is 0 Å². The quantitative estimate of drug-likeness (QED) is 0.572. The second-order valence-electron chi connectivity index (χ2n) is 6.72. The molecule has 0 bridgehead atoms. The van der Waals surface area contributed by atoms with Gasteiger partial charge in [-0.15, -0.1) is 19.8 Å². The first-order chi connectivity index (χ1) is 10.8. The molecular weight excluding hydrogens is 348 g/mol. The topological polar surface area (TPSA) is 69.2 Å². The first kappa shape index (κ1) is 31.6. The summed E-state index contributed by atoms with van der Waals surface area (Å²) in [6, 6.07) is 0. The van der Waals surface area contributed by atoms with Crippen molar-refractivity contribution in [2.75, 3.05) is 19.8 Å². The summed E-state index contributed by atoms with van der Waals surface area (Å²) in [6.07, 6.45) is 5.80. The van der Waals surface area contributed by atoms with Crippen molar-refractivity contribution >= 4 is 9.30 Å². The van der Waals surface area contributed by atoms with Crippen LogP contribution in [0, 0.1) is 17.8 Å². The summed E-state index contributed by atoms with van der Waals surface area (Å²) in [4.78, 5) is 0. The van der Waals surface area contributed by atoms with Crippen molar-refractivity contribution in [2.45, 2.75) is 80.1 Å². The third-order valence-electron chi connectivity index (χ3n) is 2.78. The number of hydrogen-bond acceptors (Lipinski definition) is 3. The van der Waals surface area contributed by atoms with Crippen LogP contribution in [0.15, 0.2) is 0 Å². The van der Waals surface area contributed by atoms with E-state index in [1.807, 2.05) is 0 Å². The zero-order valence-electron chi connectivity index (χ0n) is 16.2. The molecule has 0 heterocycles. The molecular formula is C18H39ClO3Ti. The molecule has 0 aliphatic carbocycles. The number of rotatable bonds is 9. The minimum absolute atomic E-state index is 0.0954. The average Bonchev–Trinajstić information content (AvgIpc) is 2.52. The van der Waals surface area contributed by atoms with E-state index in [1.54, 1.807) is 0 Å². The Hall–Kier alpha value is 0.884. The van der Waals surface area contributed by atoms with Crippen LogP contribution < -0.4 is 15.3 Å². The Kier molecular flexibility index (Phi) is 42.3. The minimum atomic E-state index is 0.0954. The van der Waals surface area contributed by atoms with Gasteiger partial charge < -0.3 is 15.3 Å². The average molecular weight is 387 g/mol. The zero-order chi connectivity index (χ0) is 19.1. The molecule has 0 N–H and O–H groups in total. The Morgan fingerprint density at radius 1 is 0.565 bits per heavy atom. The van der Waals surface area contributed by atoms with Crippen LogP contribution in [-0.2, 0) is 19.4 Å². The molecule has 0 spiro atoms. The Bertz CT molecular complexity index is 140. The van der Waals surface area contributed by atoms with Gasteiger partial charge in [0.05, 0.1) is 0 Å². The summed E-state index contributed by atoms with van der Waals surface area (Å²) in [5.41, 5.74) is 0. The molecule has 0 aromatic carbocycles. The molecule has 5 heteroatoms. The van der Waals surface area contributed by atoms with Crippen LogP contribution in [0.3, 0.4) is 0 Å². The van der Waals surface area contributed by atoms with E-state index < -0.39 is 0 Å². The standard InChI is InChI=1S/3C6H13O.ClH.Ti/c3*1-6(2)4-3-5-7;;/h3*6H,3-5H2,1-2H3;1H;/q3*-1;;+4/p-1. The van der Waals surface area contributed by atoms with Crippen molar-refractivity contribution in [1.29, 1.82) is 0 Å². The van der Waals surface area contributed by atoms with Crippen molar-refractivity contribution in [3.63, 3.8) is 0 Å². The van der Waals surface area contributed by atoms with Crippen LogP contribution in [0.4, 0.5) is 0 Å². The van der Waals surface area contributed by atoms with Gasteiger partial charge in [0.2, 0.25) is 0 Å². The maximum absolute atomic E-state index is 9.83. The SMILES string of the molecule is CC(C)CCC[O-].CC(C)CCC[O-].CC(C)CCC[O-].[Cl][Ti+3]. The van der Waals surface area contributed by atoms with Crippen LogP contribution >= 0.6 is 9.30 Å². The number of hydrogen-bond donors (Lipinski definition) is 0. The van der Waals surface area contributed by atoms with Gasteiger partial charge in [-0.05, 0) is 17.8 Å². The molecule has 0 aromatic heterocycles. The molecule has 0 aromatic rings. The van der Waals surface area contributed by atoms with E-state index in [4.69, 9.17) is 0 Å². The van der Waals surface area contributed by atoms with Gasteiger partial charge >= 0.3 is 28.7 Å². The van der Waals surface area contributed by atoms with Gasteiger partial charge in [-0.1, -0.05) is 80.1 Å². The van der Waals surface area contributed by atoms with Crippen LogP contribution in [-0.4, -0.2) is 19.8 Å². The molecule has 3 nitrogen and oxygen atoms in total. The van der Waals surface area contributed by atoms with E-state index in [-0.39, 0.29) is 19.8 Å². The summed E-state index contributed by atoms with van der Waals surface area (Å²) >= 11 is 1.47. The van der Waals surface area contributed by atoms with E-state index in [2.05, 4.69) is 50.8 Å². The number of halogens is 1. The Balaban J connectivity index is -0.000000111. The third kappa shape index (κ3) is 60.1. The summed E-state index contributed by atoms with van der Waals surface area (Å²) in [6.45, 7) is 13.1.